The molecule has 8 heteroatoms. The number of carbonyl (C=O) groups is 1. The molecule has 1 aliphatic carbocycles. The maximum atomic E-state index is 11.5. The molecule has 1 aromatic heterocycles. The summed E-state index contributed by atoms with van der Waals surface area (Å²) < 4.78 is 1.77. The Hall–Kier alpha value is -2.71. The third-order valence-electron chi connectivity index (χ3n) is 5.10. The number of rotatable bonds is 5. The fourth-order valence-corrected chi connectivity index (χ4v) is 3.66. The molecule has 1 atom stereocenters. The zero-order valence-corrected chi connectivity index (χ0v) is 13.5. The molecule has 0 saturated heterocycles. The van der Waals surface area contributed by atoms with Crippen molar-refractivity contribution in [2.75, 3.05) is 0 Å². The van der Waals surface area contributed by atoms with Crippen LogP contribution in [0.5, 0.6) is 0 Å². The fourth-order valence-electron chi connectivity index (χ4n) is 3.66. The van der Waals surface area contributed by atoms with Crippen LogP contribution in [0.25, 0.3) is 0 Å². The van der Waals surface area contributed by atoms with Crippen LogP contribution in [-0.2, 0) is 21.8 Å². The third kappa shape index (κ3) is 2.50. The van der Waals surface area contributed by atoms with Gasteiger partial charge in [-0.2, -0.15) is 0 Å². The number of nitrogens with two attached hydrogens (primary N) is 1. The monoisotopic (exact) mass is 341 g/mol. The molecule has 1 fully saturated rings. The van der Waals surface area contributed by atoms with Gasteiger partial charge in [0.2, 0.25) is 5.76 Å². The van der Waals surface area contributed by atoms with E-state index < -0.39 is 11.4 Å². The molecule has 8 nitrogen and oxygen atoms in total. The molecule has 25 heavy (non-hydrogen) atoms. The number of nitrogens with zero attached hydrogens (tertiary/aromatic N) is 3. The second-order valence-electron chi connectivity index (χ2n) is 6.46. The van der Waals surface area contributed by atoms with Gasteiger partial charge in [-0.15, -0.1) is 10.6 Å². The minimum absolute atomic E-state index is 0.0922. The van der Waals surface area contributed by atoms with E-state index in [9.17, 15) is 9.90 Å². The summed E-state index contributed by atoms with van der Waals surface area (Å²) >= 11 is 0. The minimum Gasteiger partial charge on any atom is -0.402 e. The Balaban J connectivity index is 1.63. The van der Waals surface area contributed by atoms with E-state index in [1.807, 2.05) is 30.3 Å². The number of hydrogen-bond donors (Lipinski definition) is 3. The van der Waals surface area contributed by atoms with Gasteiger partial charge in [-0.25, -0.2) is 4.68 Å². The lowest BCUT2D eigenvalue weighted by Crippen LogP contribution is -2.49. The first-order chi connectivity index (χ1) is 12.1. The molecule has 4 N–H and O–H groups in total. The molecule has 1 amide bonds. The van der Waals surface area contributed by atoms with Crippen LogP contribution in [0.15, 0.2) is 48.4 Å². The van der Waals surface area contributed by atoms with E-state index in [4.69, 9.17) is 10.6 Å². The summed E-state index contributed by atoms with van der Waals surface area (Å²) in [5, 5.41) is 17.3. The molecular formula is C17H19N5O3. The van der Waals surface area contributed by atoms with Crippen molar-refractivity contribution in [3.05, 3.63) is 59.6 Å². The average Bonchev–Trinajstić information content (AvgIpc) is 3.22. The van der Waals surface area contributed by atoms with Gasteiger partial charge < -0.3 is 15.7 Å². The van der Waals surface area contributed by atoms with Crippen molar-refractivity contribution in [1.82, 2.24) is 20.5 Å². The van der Waals surface area contributed by atoms with Gasteiger partial charge in [-0.3, -0.25) is 4.79 Å². The summed E-state index contributed by atoms with van der Waals surface area (Å²) in [6, 6.07) is 10.00. The quantitative estimate of drug-likeness (QED) is 0.730. The highest BCUT2D eigenvalue weighted by molar-refractivity contribution is 5.90. The summed E-state index contributed by atoms with van der Waals surface area (Å²) in [5.74, 6) is -0.281. The maximum Gasteiger partial charge on any atom is 0.286 e. The van der Waals surface area contributed by atoms with E-state index >= 15 is 0 Å². The summed E-state index contributed by atoms with van der Waals surface area (Å²) in [7, 11) is 0. The van der Waals surface area contributed by atoms with Crippen molar-refractivity contribution in [3.63, 3.8) is 0 Å². The Morgan fingerprint density at radius 3 is 2.80 bits per heavy atom. The Morgan fingerprint density at radius 2 is 2.16 bits per heavy atom. The second kappa shape index (κ2) is 5.98. The lowest BCUT2D eigenvalue weighted by Gasteiger charge is -2.45. The summed E-state index contributed by atoms with van der Waals surface area (Å²) in [4.78, 5) is 16.9. The molecule has 4 rings (SSSR count). The Kier molecular flexibility index (Phi) is 3.78. The van der Waals surface area contributed by atoms with Crippen LogP contribution in [0.1, 0.15) is 30.1 Å². The summed E-state index contributed by atoms with van der Waals surface area (Å²) in [5.41, 5.74) is 9.50. The lowest BCUT2D eigenvalue weighted by atomic mass is 9.65. The van der Waals surface area contributed by atoms with Crippen LogP contribution in [0.2, 0.25) is 0 Å². The van der Waals surface area contributed by atoms with Crippen LogP contribution < -0.4 is 11.2 Å². The van der Waals surface area contributed by atoms with E-state index in [1.165, 1.54) is 0 Å². The highest BCUT2D eigenvalue weighted by atomic mass is 16.7. The van der Waals surface area contributed by atoms with Crippen LogP contribution >= 0.6 is 0 Å². The molecule has 2 heterocycles. The zero-order chi connectivity index (χ0) is 17.4. The molecule has 130 valence electrons. The number of aliphatic hydroxyl groups is 1. The number of carbonyl (C=O) groups excluding carboxylic acids is 1. The Bertz CT molecular complexity index is 813. The van der Waals surface area contributed by atoms with Gasteiger partial charge in [-0.05, 0) is 30.4 Å². The van der Waals surface area contributed by atoms with Gasteiger partial charge in [0, 0.05) is 0 Å². The number of amides is 1. The summed E-state index contributed by atoms with van der Waals surface area (Å²) in [6.45, 7) is -0.0922. The molecule has 2 aromatic rings. The van der Waals surface area contributed by atoms with Crippen molar-refractivity contribution < 1.29 is 14.7 Å². The highest BCUT2D eigenvalue weighted by Gasteiger charge is 2.51. The predicted octanol–water partition coefficient (Wildman–Crippen LogP) is 0.521. The lowest BCUT2D eigenvalue weighted by molar-refractivity contribution is -0.119. The van der Waals surface area contributed by atoms with E-state index in [-0.39, 0.29) is 24.3 Å². The minimum atomic E-state index is -0.609. The third-order valence-corrected chi connectivity index (χ3v) is 5.10. The number of benzene rings is 1. The molecule has 2 aliphatic rings. The van der Waals surface area contributed by atoms with Crippen LogP contribution in [0.4, 0.5) is 0 Å². The fraction of sp³-hybridized carbons (Fsp3) is 0.353. The van der Waals surface area contributed by atoms with E-state index in [0.717, 1.165) is 18.4 Å². The van der Waals surface area contributed by atoms with Gasteiger partial charge in [0.05, 0.1) is 24.5 Å². The topological polar surface area (TPSA) is 115 Å². The Morgan fingerprint density at radius 1 is 1.40 bits per heavy atom. The van der Waals surface area contributed by atoms with E-state index in [0.29, 0.717) is 5.69 Å². The zero-order valence-electron chi connectivity index (χ0n) is 13.5. The summed E-state index contributed by atoms with van der Waals surface area (Å²) in [6.07, 6.45) is 4.97. The maximum absolute atomic E-state index is 11.5. The van der Waals surface area contributed by atoms with Crippen LogP contribution in [0.3, 0.4) is 0 Å². The smallest absolute Gasteiger partial charge is 0.286 e. The number of aromatic nitrogens is 3. The van der Waals surface area contributed by atoms with Gasteiger partial charge in [0.1, 0.15) is 5.54 Å². The molecule has 1 aromatic carbocycles. The first-order valence-electron chi connectivity index (χ1n) is 8.16. The number of hydroxylamine groups is 1. The second-order valence-corrected chi connectivity index (χ2v) is 6.46. The highest BCUT2D eigenvalue weighted by Crippen LogP contribution is 2.50. The number of hydrogen-bond acceptors (Lipinski definition) is 6. The number of nitrogens with one attached hydrogen (secondary N) is 1. The van der Waals surface area contributed by atoms with Crippen molar-refractivity contribution in [2.45, 2.75) is 31.0 Å². The van der Waals surface area contributed by atoms with Crippen molar-refractivity contribution in [3.8, 4) is 0 Å². The SMILES string of the molecule is NC(=O)C1=C[C@](c2ccccc2)(C2CC(n3nncc3CO)C2)NO1. The van der Waals surface area contributed by atoms with Crippen molar-refractivity contribution >= 4 is 5.91 Å². The number of primary amides is 1. The molecule has 1 saturated carbocycles. The normalized spacial score (nSPS) is 28.1. The van der Waals surface area contributed by atoms with E-state index in [1.54, 1.807) is 17.0 Å². The van der Waals surface area contributed by atoms with E-state index in [2.05, 4.69) is 15.8 Å². The molecule has 0 spiro atoms. The molecule has 0 radical (unpaired) electrons. The van der Waals surface area contributed by atoms with Gasteiger partial charge in [-0.1, -0.05) is 35.5 Å². The predicted molar refractivity (Wildman–Crippen MR) is 87.3 cm³/mol. The van der Waals surface area contributed by atoms with Gasteiger partial charge in [0.15, 0.2) is 0 Å². The first kappa shape index (κ1) is 15.8. The van der Waals surface area contributed by atoms with Crippen molar-refractivity contribution in [2.24, 2.45) is 11.7 Å². The van der Waals surface area contributed by atoms with Gasteiger partial charge in [0.25, 0.3) is 5.91 Å². The molecule has 1 aliphatic heterocycles. The first-order valence-corrected chi connectivity index (χ1v) is 8.16. The Labute approximate surface area is 144 Å². The number of aliphatic hydroxyl groups excluding tert-OH is 1. The molecule has 0 unspecified atom stereocenters. The van der Waals surface area contributed by atoms with Gasteiger partial charge >= 0.3 is 0 Å². The largest absolute Gasteiger partial charge is 0.402 e. The average molecular weight is 341 g/mol. The molecule has 0 bridgehead atoms. The molecular weight excluding hydrogens is 322 g/mol. The van der Waals surface area contributed by atoms with Crippen molar-refractivity contribution in [1.29, 1.82) is 0 Å². The van der Waals surface area contributed by atoms with Crippen LogP contribution in [-0.4, -0.2) is 26.0 Å². The van der Waals surface area contributed by atoms with Crippen LogP contribution in [0, 0.1) is 5.92 Å². The standard InChI is InChI=1S/C17H19N5O3/c18-16(24)15-8-17(20-25-15,11-4-2-1-3-5-11)12-6-13(7-12)22-14(10-23)9-19-21-22/h1-5,8-9,12-13,20,23H,6-7,10H2,(H2,18,24)/t12?,13?,17-/m0/s1.